The van der Waals surface area contributed by atoms with Crippen molar-refractivity contribution in [3.05, 3.63) is 63.7 Å². The monoisotopic (exact) mass is 390 g/mol. The van der Waals surface area contributed by atoms with E-state index in [1.807, 2.05) is 42.5 Å². The summed E-state index contributed by atoms with van der Waals surface area (Å²) in [6, 6.07) is 16.6. The smallest absolute Gasteiger partial charge is 0.336 e. The molecule has 5 heteroatoms. The lowest BCUT2D eigenvalue weighted by Gasteiger charge is -2.09. The van der Waals surface area contributed by atoms with E-state index in [1.165, 1.54) is 0 Å². The second-order valence-electron chi connectivity index (χ2n) is 4.51. The van der Waals surface area contributed by atoms with Crippen LogP contribution in [0.15, 0.2) is 54.6 Å². The summed E-state index contributed by atoms with van der Waals surface area (Å²) >= 11 is 2.23. The van der Waals surface area contributed by atoms with E-state index in [4.69, 9.17) is 0 Å². The molecule has 0 amide bonds. The van der Waals surface area contributed by atoms with Crippen molar-refractivity contribution in [3.8, 4) is 0 Å². The van der Waals surface area contributed by atoms with Crippen molar-refractivity contribution < 1.29 is 9.90 Å². The highest BCUT2D eigenvalue weighted by atomic mass is 127. The van der Waals surface area contributed by atoms with E-state index < -0.39 is 5.97 Å². The Hall–Kier alpha value is -2.15. The molecule has 0 radical (unpaired) electrons. The van der Waals surface area contributed by atoms with Crippen molar-refractivity contribution in [3.63, 3.8) is 0 Å². The predicted molar refractivity (Wildman–Crippen MR) is 91.1 cm³/mol. The number of carbonyl (C=O) groups is 1. The van der Waals surface area contributed by atoms with Crippen LogP contribution in [-0.2, 0) is 0 Å². The molecule has 0 aliphatic heterocycles. The van der Waals surface area contributed by atoms with Gasteiger partial charge in [-0.3, -0.25) is 0 Å². The third kappa shape index (κ3) is 2.97. The first-order chi connectivity index (χ1) is 10.1. The highest BCUT2D eigenvalue weighted by Crippen LogP contribution is 2.23. The average Bonchev–Trinajstić information content (AvgIpc) is 2.46. The minimum absolute atomic E-state index is 0.244. The summed E-state index contributed by atoms with van der Waals surface area (Å²) in [6.45, 7) is 0. The molecule has 2 N–H and O–H groups in total. The third-order valence-corrected chi connectivity index (χ3v) is 3.71. The molecule has 0 saturated heterocycles. The second-order valence-corrected chi connectivity index (χ2v) is 5.76. The normalized spacial score (nSPS) is 10.5. The van der Waals surface area contributed by atoms with Crippen LogP contribution in [0.1, 0.15) is 10.4 Å². The lowest BCUT2D eigenvalue weighted by atomic mass is 10.1. The van der Waals surface area contributed by atoms with E-state index in [1.54, 1.807) is 12.1 Å². The molecule has 0 bridgehead atoms. The third-order valence-electron chi connectivity index (χ3n) is 3.04. The molecule has 3 rings (SSSR count). The Morgan fingerprint density at radius 3 is 2.67 bits per heavy atom. The highest BCUT2D eigenvalue weighted by molar-refractivity contribution is 14.1. The maximum Gasteiger partial charge on any atom is 0.336 e. The van der Waals surface area contributed by atoms with Crippen molar-refractivity contribution in [2.75, 3.05) is 5.32 Å². The molecule has 0 saturated carbocycles. The Morgan fingerprint density at radius 1 is 1.10 bits per heavy atom. The molecule has 0 atom stereocenters. The van der Waals surface area contributed by atoms with Crippen LogP contribution in [0.5, 0.6) is 0 Å². The van der Waals surface area contributed by atoms with Crippen LogP contribution in [0.25, 0.3) is 10.9 Å². The molecule has 2 aromatic carbocycles. The average molecular weight is 390 g/mol. The molecule has 104 valence electrons. The summed E-state index contributed by atoms with van der Waals surface area (Å²) in [5.74, 6) is -0.438. The Labute approximate surface area is 135 Å². The minimum atomic E-state index is -0.959. The van der Waals surface area contributed by atoms with Gasteiger partial charge in [0.15, 0.2) is 0 Å². The molecule has 21 heavy (non-hydrogen) atoms. The van der Waals surface area contributed by atoms with Gasteiger partial charge in [-0.05, 0) is 52.9 Å². The van der Waals surface area contributed by atoms with Gasteiger partial charge < -0.3 is 10.4 Å². The summed E-state index contributed by atoms with van der Waals surface area (Å²) in [6.07, 6.45) is 0. The maximum absolute atomic E-state index is 11.4. The molecule has 0 unspecified atom stereocenters. The van der Waals surface area contributed by atoms with Gasteiger partial charge >= 0.3 is 5.97 Å². The van der Waals surface area contributed by atoms with Gasteiger partial charge in [0.2, 0.25) is 0 Å². The van der Waals surface area contributed by atoms with E-state index in [0.717, 1.165) is 9.26 Å². The maximum atomic E-state index is 11.4. The lowest BCUT2D eigenvalue weighted by molar-refractivity contribution is 0.0699. The zero-order chi connectivity index (χ0) is 14.8. The standard InChI is InChI=1S/C16H11IN2O2/c17-10-4-3-5-11(8-10)18-15-9-13(16(20)21)12-6-1-2-7-14(12)19-15/h1-9H,(H,18,19)(H,20,21). The molecule has 1 aromatic heterocycles. The van der Waals surface area contributed by atoms with Crippen LogP contribution in [-0.4, -0.2) is 16.1 Å². The van der Waals surface area contributed by atoms with Crippen molar-refractivity contribution in [1.82, 2.24) is 4.98 Å². The molecule has 4 nitrogen and oxygen atoms in total. The zero-order valence-electron chi connectivity index (χ0n) is 10.9. The summed E-state index contributed by atoms with van der Waals surface area (Å²) < 4.78 is 1.09. The van der Waals surface area contributed by atoms with Crippen LogP contribution in [0.3, 0.4) is 0 Å². The fraction of sp³-hybridized carbons (Fsp3) is 0. The van der Waals surface area contributed by atoms with Gasteiger partial charge in [0.1, 0.15) is 5.82 Å². The Morgan fingerprint density at radius 2 is 1.90 bits per heavy atom. The number of aromatic nitrogens is 1. The van der Waals surface area contributed by atoms with Crippen LogP contribution in [0.4, 0.5) is 11.5 Å². The number of anilines is 2. The van der Waals surface area contributed by atoms with Gasteiger partial charge in [-0.2, -0.15) is 0 Å². The molecular weight excluding hydrogens is 379 g/mol. The number of carboxylic acids is 1. The van der Waals surface area contributed by atoms with Gasteiger partial charge in [-0.25, -0.2) is 9.78 Å². The Balaban J connectivity index is 2.09. The first-order valence-corrected chi connectivity index (χ1v) is 7.37. The highest BCUT2D eigenvalue weighted by Gasteiger charge is 2.11. The van der Waals surface area contributed by atoms with Gasteiger partial charge in [-0.15, -0.1) is 0 Å². The number of hydrogen-bond acceptors (Lipinski definition) is 3. The molecule has 1 heterocycles. The van der Waals surface area contributed by atoms with Crippen LogP contribution < -0.4 is 5.32 Å². The van der Waals surface area contributed by atoms with E-state index in [9.17, 15) is 9.90 Å². The first kappa shape index (κ1) is 13.8. The van der Waals surface area contributed by atoms with Crippen molar-refractivity contribution >= 4 is 51.0 Å². The molecular formula is C16H11IN2O2. The SMILES string of the molecule is O=C(O)c1cc(Nc2cccc(I)c2)nc2ccccc12. The Bertz CT molecular complexity index is 833. The van der Waals surface area contributed by atoms with Crippen molar-refractivity contribution in [2.24, 2.45) is 0 Å². The Kier molecular flexibility index (Phi) is 3.74. The largest absolute Gasteiger partial charge is 0.478 e. The molecule has 0 aliphatic rings. The van der Waals surface area contributed by atoms with Crippen molar-refractivity contribution in [2.45, 2.75) is 0 Å². The fourth-order valence-corrected chi connectivity index (χ4v) is 2.67. The number of aromatic carboxylic acids is 1. The number of carboxylic acid groups (broad SMARTS) is 1. The quantitative estimate of drug-likeness (QED) is 0.656. The number of nitrogens with zero attached hydrogens (tertiary/aromatic N) is 1. The number of para-hydroxylation sites is 1. The van der Waals surface area contributed by atoms with E-state index >= 15 is 0 Å². The summed E-state index contributed by atoms with van der Waals surface area (Å²) in [5.41, 5.74) is 1.78. The summed E-state index contributed by atoms with van der Waals surface area (Å²) in [5, 5.41) is 13.2. The van der Waals surface area contributed by atoms with Gasteiger partial charge in [-0.1, -0.05) is 24.3 Å². The van der Waals surface area contributed by atoms with Crippen LogP contribution in [0.2, 0.25) is 0 Å². The van der Waals surface area contributed by atoms with Gasteiger partial charge in [0.25, 0.3) is 0 Å². The van der Waals surface area contributed by atoms with Crippen LogP contribution in [0, 0.1) is 3.57 Å². The minimum Gasteiger partial charge on any atom is -0.478 e. The number of rotatable bonds is 3. The molecule has 0 aliphatic carbocycles. The number of hydrogen-bond donors (Lipinski definition) is 2. The first-order valence-electron chi connectivity index (χ1n) is 6.29. The number of halogens is 1. The van der Waals surface area contributed by atoms with Crippen molar-refractivity contribution in [1.29, 1.82) is 0 Å². The molecule has 0 fully saturated rings. The van der Waals surface area contributed by atoms with E-state index in [2.05, 4.69) is 32.9 Å². The molecule has 3 aromatic rings. The zero-order valence-corrected chi connectivity index (χ0v) is 13.0. The fourth-order valence-electron chi connectivity index (χ4n) is 2.13. The van der Waals surface area contributed by atoms with Gasteiger partial charge in [0, 0.05) is 14.6 Å². The summed E-state index contributed by atoms with van der Waals surface area (Å²) in [7, 11) is 0. The van der Waals surface area contributed by atoms with Crippen LogP contribution >= 0.6 is 22.6 Å². The van der Waals surface area contributed by atoms with E-state index in [-0.39, 0.29) is 5.56 Å². The predicted octanol–water partition coefficient (Wildman–Crippen LogP) is 4.28. The molecule has 0 spiro atoms. The topological polar surface area (TPSA) is 62.2 Å². The number of pyridine rings is 1. The van der Waals surface area contributed by atoms with E-state index in [0.29, 0.717) is 16.7 Å². The number of fused-ring (bicyclic) bond motifs is 1. The number of benzene rings is 2. The second kappa shape index (κ2) is 5.69. The summed E-state index contributed by atoms with van der Waals surface area (Å²) in [4.78, 5) is 15.9. The number of nitrogens with one attached hydrogen (secondary N) is 1. The van der Waals surface area contributed by atoms with Gasteiger partial charge in [0.05, 0.1) is 11.1 Å². The lowest BCUT2D eigenvalue weighted by Crippen LogP contribution is -2.02.